The second-order valence-electron chi connectivity index (χ2n) is 7.87. The number of hydrogen-bond acceptors (Lipinski definition) is 4. The van der Waals surface area contributed by atoms with Crippen molar-refractivity contribution in [1.82, 2.24) is 10.6 Å². The van der Waals surface area contributed by atoms with Crippen molar-refractivity contribution in [2.75, 3.05) is 12.4 Å². The van der Waals surface area contributed by atoms with E-state index in [9.17, 15) is 14.4 Å². The molecule has 3 rings (SSSR count). The molecule has 0 bridgehead atoms. The number of carbonyl (C=O) groups is 3. The van der Waals surface area contributed by atoms with Gasteiger partial charge in [0.1, 0.15) is 5.75 Å². The van der Waals surface area contributed by atoms with Gasteiger partial charge in [-0.15, -0.1) is 0 Å². The highest BCUT2D eigenvalue weighted by Crippen LogP contribution is 2.23. The van der Waals surface area contributed by atoms with Crippen molar-refractivity contribution in [3.05, 3.63) is 59.7 Å². The Morgan fingerprint density at radius 1 is 0.968 bits per heavy atom. The maximum atomic E-state index is 12.7. The van der Waals surface area contributed by atoms with Crippen LogP contribution in [0, 0.1) is 5.92 Å². The quantitative estimate of drug-likeness (QED) is 0.622. The zero-order valence-corrected chi connectivity index (χ0v) is 17.9. The summed E-state index contributed by atoms with van der Waals surface area (Å²) in [6.07, 6.45) is 4.13. The molecule has 0 unspecified atom stereocenters. The molecule has 2 aromatic rings. The summed E-state index contributed by atoms with van der Waals surface area (Å²) in [5.41, 5.74) is 1.51. The van der Waals surface area contributed by atoms with E-state index in [-0.39, 0.29) is 11.9 Å². The van der Waals surface area contributed by atoms with Crippen LogP contribution in [0.4, 0.5) is 5.69 Å². The van der Waals surface area contributed by atoms with Crippen molar-refractivity contribution in [1.29, 1.82) is 0 Å². The Kier molecular flexibility index (Phi) is 7.65. The van der Waals surface area contributed by atoms with Gasteiger partial charge in [0.05, 0.1) is 18.4 Å². The normalized spacial score (nSPS) is 18.0. The Bertz CT molecular complexity index is 927. The van der Waals surface area contributed by atoms with Gasteiger partial charge in [0.2, 0.25) is 0 Å². The molecule has 0 aromatic heterocycles. The van der Waals surface area contributed by atoms with E-state index in [1.807, 2.05) is 24.3 Å². The van der Waals surface area contributed by atoms with Crippen molar-refractivity contribution in [3.8, 4) is 5.75 Å². The van der Waals surface area contributed by atoms with E-state index in [1.165, 1.54) is 0 Å². The molecule has 1 aliphatic carbocycles. The van der Waals surface area contributed by atoms with Gasteiger partial charge in [-0.25, -0.2) is 0 Å². The molecule has 1 aliphatic rings. The first-order valence-corrected chi connectivity index (χ1v) is 10.6. The first kappa shape index (κ1) is 22.3. The predicted octanol–water partition coefficient (Wildman–Crippen LogP) is 3.26. The molecular weight excluding hydrogens is 394 g/mol. The lowest BCUT2D eigenvalue weighted by molar-refractivity contribution is -0.137. The minimum Gasteiger partial charge on any atom is -0.497 e. The Hall–Kier alpha value is -3.35. The average Bonchev–Trinajstić information content (AvgIpc) is 2.79. The van der Waals surface area contributed by atoms with Crippen LogP contribution < -0.4 is 20.7 Å². The summed E-state index contributed by atoms with van der Waals surface area (Å²) >= 11 is 0. The van der Waals surface area contributed by atoms with Crippen LogP contribution >= 0.6 is 0 Å². The van der Waals surface area contributed by atoms with Gasteiger partial charge in [-0.1, -0.05) is 44.0 Å². The molecule has 1 saturated carbocycles. The van der Waals surface area contributed by atoms with Gasteiger partial charge in [0.25, 0.3) is 5.91 Å². The van der Waals surface area contributed by atoms with E-state index in [1.54, 1.807) is 31.4 Å². The lowest BCUT2D eigenvalue weighted by atomic mass is 9.86. The zero-order valence-electron chi connectivity index (χ0n) is 17.9. The smallest absolute Gasteiger partial charge is 0.313 e. The van der Waals surface area contributed by atoms with Gasteiger partial charge in [-0.05, 0) is 48.6 Å². The molecule has 0 aliphatic heterocycles. The standard InChI is InChI=1S/C24H29N3O4/c1-16-7-3-5-9-20(16)26-23(29)24(30)27-21-10-6-4-8-19(21)22(28)25-15-17-11-13-18(31-2)14-12-17/h4,6,8,10-14,16,20H,3,5,7,9,15H2,1-2H3,(H,25,28)(H,26,29)(H,27,30)/t16-,20+/m1/s1. The highest BCUT2D eigenvalue weighted by molar-refractivity contribution is 6.40. The molecule has 7 heteroatoms. The fourth-order valence-electron chi connectivity index (χ4n) is 3.75. The third kappa shape index (κ3) is 6.07. The molecule has 7 nitrogen and oxygen atoms in total. The fourth-order valence-corrected chi connectivity index (χ4v) is 3.75. The van der Waals surface area contributed by atoms with Crippen molar-refractivity contribution >= 4 is 23.4 Å². The van der Waals surface area contributed by atoms with Crippen LogP contribution in [-0.4, -0.2) is 30.9 Å². The second kappa shape index (κ2) is 10.6. The summed E-state index contributed by atoms with van der Waals surface area (Å²) < 4.78 is 5.13. The SMILES string of the molecule is COc1ccc(CNC(=O)c2ccccc2NC(=O)C(=O)N[C@H]2CCCC[C@H]2C)cc1. The van der Waals surface area contributed by atoms with Crippen molar-refractivity contribution < 1.29 is 19.1 Å². The third-order valence-electron chi connectivity index (χ3n) is 5.67. The van der Waals surface area contributed by atoms with E-state index in [4.69, 9.17) is 4.74 Å². The van der Waals surface area contributed by atoms with Crippen LogP contribution in [-0.2, 0) is 16.1 Å². The van der Waals surface area contributed by atoms with Gasteiger partial charge < -0.3 is 20.7 Å². The number of ether oxygens (including phenoxy) is 1. The minimum absolute atomic E-state index is 0.00930. The Morgan fingerprint density at radius 2 is 1.68 bits per heavy atom. The van der Waals surface area contributed by atoms with Crippen molar-refractivity contribution in [2.45, 2.75) is 45.2 Å². The number of anilines is 1. The molecule has 2 atom stereocenters. The Labute approximate surface area is 182 Å². The van der Waals surface area contributed by atoms with Crippen LogP contribution in [0.25, 0.3) is 0 Å². The Balaban J connectivity index is 1.60. The number of nitrogens with one attached hydrogen (secondary N) is 3. The molecule has 0 spiro atoms. The van der Waals surface area contributed by atoms with E-state index >= 15 is 0 Å². The zero-order chi connectivity index (χ0) is 22.2. The molecule has 2 aromatic carbocycles. The van der Waals surface area contributed by atoms with Crippen molar-refractivity contribution in [2.24, 2.45) is 5.92 Å². The molecule has 0 radical (unpaired) electrons. The largest absolute Gasteiger partial charge is 0.497 e. The number of para-hydroxylation sites is 1. The number of hydrogen-bond donors (Lipinski definition) is 3. The highest BCUT2D eigenvalue weighted by atomic mass is 16.5. The lowest BCUT2D eigenvalue weighted by Gasteiger charge is -2.29. The number of benzene rings is 2. The maximum Gasteiger partial charge on any atom is 0.313 e. The average molecular weight is 424 g/mol. The highest BCUT2D eigenvalue weighted by Gasteiger charge is 2.26. The molecule has 3 N–H and O–H groups in total. The summed E-state index contributed by atoms with van der Waals surface area (Å²) in [6, 6.07) is 14.0. The van der Waals surface area contributed by atoms with Crippen LogP contribution in [0.1, 0.15) is 48.5 Å². The van der Waals surface area contributed by atoms with E-state index in [0.717, 1.165) is 37.0 Å². The van der Waals surface area contributed by atoms with Crippen LogP contribution in [0.5, 0.6) is 5.75 Å². The topological polar surface area (TPSA) is 96.5 Å². The van der Waals surface area contributed by atoms with Gasteiger partial charge in [0.15, 0.2) is 0 Å². The van der Waals surface area contributed by atoms with E-state index in [2.05, 4.69) is 22.9 Å². The molecule has 0 heterocycles. The van der Waals surface area contributed by atoms with Crippen LogP contribution in [0.15, 0.2) is 48.5 Å². The molecule has 0 saturated heterocycles. The molecular formula is C24H29N3O4. The first-order chi connectivity index (χ1) is 15.0. The first-order valence-electron chi connectivity index (χ1n) is 10.6. The summed E-state index contributed by atoms with van der Waals surface area (Å²) in [4.78, 5) is 37.5. The summed E-state index contributed by atoms with van der Waals surface area (Å²) in [5.74, 6) is -0.695. The molecule has 31 heavy (non-hydrogen) atoms. The van der Waals surface area contributed by atoms with Gasteiger partial charge in [-0.2, -0.15) is 0 Å². The van der Waals surface area contributed by atoms with Crippen molar-refractivity contribution in [3.63, 3.8) is 0 Å². The van der Waals surface area contributed by atoms with E-state index < -0.39 is 11.8 Å². The summed E-state index contributed by atoms with van der Waals surface area (Å²) in [6.45, 7) is 2.41. The van der Waals surface area contributed by atoms with E-state index in [0.29, 0.717) is 23.7 Å². The number of rotatable bonds is 6. The van der Waals surface area contributed by atoms with Gasteiger partial charge in [0, 0.05) is 12.6 Å². The monoisotopic (exact) mass is 423 g/mol. The predicted molar refractivity (Wildman–Crippen MR) is 119 cm³/mol. The second-order valence-corrected chi connectivity index (χ2v) is 7.87. The molecule has 3 amide bonds. The summed E-state index contributed by atoms with van der Waals surface area (Å²) in [5, 5.41) is 8.25. The minimum atomic E-state index is -0.770. The van der Waals surface area contributed by atoms with Gasteiger partial charge in [-0.3, -0.25) is 14.4 Å². The van der Waals surface area contributed by atoms with Crippen LogP contribution in [0.2, 0.25) is 0 Å². The lowest BCUT2D eigenvalue weighted by Crippen LogP contribution is -2.46. The summed E-state index contributed by atoms with van der Waals surface area (Å²) in [7, 11) is 1.60. The number of amides is 3. The number of carbonyl (C=O) groups excluding carboxylic acids is 3. The molecule has 1 fully saturated rings. The van der Waals surface area contributed by atoms with Gasteiger partial charge >= 0.3 is 11.8 Å². The Morgan fingerprint density at radius 3 is 2.39 bits per heavy atom. The fraction of sp³-hybridized carbons (Fsp3) is 0.375. The maximum absolute atomic E-state index is 12.7. The number of methoxy groups -OCH3 is 1. The van der Waals surface area contributed by atoms with Crippen LogP contribution in [0.3, 0.4) is 0 Å². The molecule has 164 valence electrons. The third-order valence-corrected chi connectivity index (χ3v) is 5.67.